The first-order valence-electron chi connectivity index (χ1n) is 4.69. The van der Waals surface area contributed by atoms with Gasteiger partial charge in [0.15, 0.2) is 0 Å². The Kier molecular flexibility index (Phi) is 4.10. The van der Waals surface area contributed by atoms with Crippen molar-refractivity contribution >= 4 is 35.0 Å². The number of aromatic nitrogens is 2. The van der Waals surface area contributed by atoms with Crippen molar-refractivity contribution in [2.24, 2.45) is 0 Å². The first-order valence-corrected chi connectivity index (χ1v) is 6.26. The van der Waals surface area contributed by atoms with Crippen LogP contribution in [0.15, 0.2) is 40.3 Å². The van der Waals surface area contributed by atoms with Crippen molar-refractivity contribution in [1.29, 1.82) is 0 Å². The third-order valence-corrected chi connectivity index (χ3v) is 3.58. The molecule has 0 saturated carbocycles. The number of ether oxygens (including phenoxy) is 1. The van der Waals surface area contributed by atoms with E-state index in [1.807, 2.05) is 24.3 Å². The van der Waals surface area contributed by atoms with Gasteiger partial charge in [-0.1, -0.05) is 23.4 Å². The second-order valence-corrected chi connectivity index (χ2v) is 4.88. The summed E-state index contributed by atoms with van der Waals surface area (Å²) in [5.74, 6) is 0.813. The molecular formula is C11H8Cl2N2OS. The second-order valence-electron chi connectivity index (χ2n) is 3.07. The molecule has 1 aromatic carbocycles. The molecule has 2 rings (SSSR count). The molecule has 1 heterocycles. The van der Waals surface area contributed by atoms with Crippen LogP contribution in [0.2, 0.25) is 10.4 Å². The number of rotatable bonds is 3. The average molecular weight is 287 g/mol. The number of hydrogen-bond acceptors (Lipinski definition) is 4. The van der Waals surface area contributed by atoms with E-state index < -0.39 is 0 Å². The lowest BCUT2D eigenvalue weighted by molar-refractivity contribution is 0.414. The van der Waals surface area contributed by atoms with Gasteiger partial charge in [-0.2, -0.15) is 0 Å². The first-order chi connectivity index (χ1) is 8.19. The van der Waals surface area contributed by atoms with Gasteiger partial charge in [-0.25, -0.2) is 9.97 Å². The summed E-state index contributed by atoms with van der Waals surface area (Å²) in [6.07, 6.45) is 1.60. The van der Waals surface area contributed by atoms with E-state index in [4.69, 9.17) is 27.9 Å². The fraction of sp³-hybridized carbons (Fsp3) is 0.0909. The van der Waals surface area contributed by atoms with E-state index in [-0.39, 0.29) is 5.28 Å². The van der Waals surface area contributed by atoms with Crippen LogP contribution in [0.4, 0.5) is 0 Å². The molecule has 0 bridgehead atoms. The Morgan fingerprint density at radius 2 is 1.88 bits per heavy atom. The summed E-state index contributed by atoms with van der Waals surface area (Å²) in [5.41, 5.74) is 0. The lowest BCUT2D eigenvalue weighted by Crippen LogP contribution is -1.86. The normalized spacial score (nSPS) is 10.3. The zero-order valence-electron chi connectivity index (χ0n) is 8.85. The third kappa shape index (κ3) is 3.25. The Bertz CT molecular complexity index is 519. The molecule has 0 fully saturated rings. The van der Waals surface area contributed by atoms with Crippen LogP contribution in [0.1, 0.15) is 0 Å². The summed E-state index contributed by atoms with van der Waals surface area (Å²) in [6, 6.07) is 7.64. The standard InChI is InChI=1S/C11H8Cl2N2OS/c1-16-7-2-4-8(5-3-7)17-9-6-14-11(13)15-10(9)12/h2-6H,1H3. The number of halogens is 2. The molecule has 0 spiro atoms. The molecule has 0 radical (unpaired) electrons. The van der Waals surface area contributed by atoms with E-state index in [0.29, 0.717) is 5.15 Å². The number of nitrogens with zero attached hydrogens (tertiary/aromatic N) is 2. The predicted molar refractivity (Wildman–Crippen MR) is 69.2 cm³/mol. The number of hydrogen-bond donors (Lipinski definition) is 0. The Balaban J connectivity index is 2.19. The molecule has 0 saturated heterocycles. The molecular weight excluding hydrogens is 279 g/mol. The van der Waals surface area contributed by atoms with Crippen molar-refractivity contribution in [3.63, 3.8) is 0 Å². The van der Waals surface area contributed by atoms with Gasteiger partial charge in [0.25, 0.3) is 0 Å². The molecule has 0 unspecified atom stereocenters. The smallest absolute Gasteiger partial charge is 0.223 e. The summed E-state index contributed by atoms with van der Waals surface area (Å²) in [7, 11) is 1.63. The zero-order valence-corrected chi connectivity index (χ0v) is 11.2. The summed E-state index contributed by atoms with van der Waals surface area (Å²) in [6.45, 7) is 0. The van der Waals surface area contributed by atoms with Crippen molar-refractivity contribution in [3.8, 4) is 5.75 Å². The molecule has 0 aliphatic heterocycles. The molecule has 3 nitrogen and oxygen atoms in total. The molecule has 1 aromatic heterocycles. The molecule has 0 atom stereocenters. The fourth-order valence-corrected chi connectivity index (χ4v) is 2.35. The molecule has 0 aliphatic rings. The molecule has 0 aliphatic carbocycles. The highest BCUT2D eigenvalue weighted by molar-refractivity contribution is 7.99. The van der Waals surface area contributed by atoms with Crippen molar-refractivity contribution < 1.29 is 4.74 Å². The molecule has 6 heteroatoms. The van der Waals surface area contributed by atoms with Crippen molar-refractivity contribution in [2.45, 2.75) is 9.79 Å². The van der Waals surface area contributed by atoms with E-state index in [9.17, 15) is 0 Å². The quantitative estimate of drug-likeness (QED) is 0.632. The highest BCUT2D eigenvalue weighted by Crippen LogP contribution is 2.32. The summed E-state index contributed by atoms with van der Waals surface area (Å²) in [4.78, 5) is 9.56. The lowest BCUT2D eigenvalue weighted by Gasteiger charge is -2.04. The molecule has 88 valence electrons. The Labute approximate surface area is 113 Å². The van der Waals surface area contributed by atoms with Gasteiger partial charge in [-0.15, -0.1) is 0 Å². The van der Waals surface area contributed by atoms with Crippen LogP contribution in [-0.2, 0) is 0 Å². The van der Waals surface area contributed by atoms with Crippen molar-refractivity contribution in [3.05, 3.63) is 40.9 Å². The van der Waals surface area contributed by atoms with Gasteiger partial charge in [0, 0.05) is 11.1 Å². The van der Waals surface area contributed by atoms with Gasteiger partial charge in [0.1, 0.15) is 10.9 Å². The zero-order chi connectivity index (χ0) is 12.3. The van der Waals surface area contributed by atoms with Crippen molar-refractivity contribution in [1.82, 2.24) is 9.97 Å². The van der Waals surface area contributed by atoms with Gasteiger partial charge < -0.3 is 4.74 Å². The minimum atomic E-state index is 0.147. The largest absolute Gasteiger partial charge is 0.497 e. The first kappa shape index (κ1) is 12.5. The highest BCUT2D eigenvalue weighted by atomic mass is 35.5. The van der Waals surface area contributed by atoms with Gasteiger partial charge in [0.05, 0.1) is 12.0 Å². The van der Waals surface area contributed by atoms with E-state index in [2.05, 4.69) is 9.97 Å². The average Bonchev–Trinajstić information content (AvgIpc) is 2.34. The van der Waals surface area contributed by atoms with Crippen LogP contribution in [0.5, 0.6) is 5.75 Å². The maximum Gasteiger partial charge on any atom is 0.223 e. The Hall–Kier alpha value is -0.970. The van der Waals surface area contributed by atoms with Gasteiger partial charge >= 0.3 is 0 Å². The monoisotopic (exact) mass is 286 g/mol. The minimum absolute atomic E-state index is 0.147. The second kappa shape index (κ2) is 5.58. The summed E-state index contributed by atoms with van der Waals surface area (Å²) >= 11 is 13.1. The fourth-order valence-electron chi connectivity index (χ4n) is 1.17. The van der Waals surface area contributed by atoms with Gasteiger partial charge in [-0.05, 0) is 35.9 Å². The topological polar surface area (TPSA) is 35.0 Å². The van der Waals surface area contributed by atoms with Gasteiger partial charge in [-0.3, -0.25) is 0 Å². The highest BCUT2D eigenvalue weighted by Gasteiger charge is 2.06. The van der Waals surface area contributed by atoms with E-state index in [1.165, 1.54) is 11.8 Å². The Morgan fingerprint density at radius 3 is 2.47 bits per heavy atom. The maximum atomic E-state index is 5.96. The number of methoxy groups -OCH3 is 1. The predicted octanol–water partition coefficient (Wildman–Crippen LogP) is 3.94. The summed E-state index contributed by atoms with van der Waals surface area (Å²) in [5, 5.41) is 0.500. The minimum Gasteiger partial charge on any atom is -0.497 e. The third-order valence-electron chi connectivity index (χ3n) is 1.97. The number of benzene rings is 1. The van der Waals surface area contributed by atoms with Crippen LogP contribution in [0.3, 0.4) is 0 Å². The SMILES string of the molecule is COc1ccc(Sc2cnc(Cl)nc2Cl)cc1. The van der Waals surface area contributed by atoms with Crippen LogP contribution in [-0.4, -0.2) is 17.1 Å². The van der Waals surface area contributed by atoms with Crippen LogP contribution < -0.4 is 4.74 Å². The van der Waals surface area contributed by atoms with E-state index >= 15 is 0 Å². The van der Waals surface area contributed by atoms with Crippen molar-refractivity contribution in [2.75, 3.05) is 7.11 Å². The Morgan fingerprint density at radius 1 is 1.18 bits per heavy atom. The molecule has 0 N–H and O–H groups in total. The van der Waals surface area contributed by atoms with E-state index in [1.54, 1.807) is 13.3 Å². The van der Waals surface area contributed by atoms with Crippen LogP contribution >= 0.6 is 35.0 Å². The molecule has 17 heavy (non-hydrogen) atoms. The summed E-state index contributed by atoms with van der Waals surface area (Å²) < 4.78 is 5.08. The maximum absolute atomic E-state index is 5.96. The molecule has 2 aromatic rings. The lowest BCUT2D eigenvalue weighted by atomic mass is 10.3. The van der Waals surface area contributed by atoms with Crippen LogP contribution in [0, 0.1) is 0 Å². The molecule has 0 amide bonds. The van der Waals surface area contributed by atoms with Crippen LogP contribution in [0.25, 0.3) is 0 Å². The van der Waals surface area contributed by atoms with Gasteiger partial charge in [0.2, 0.25) is 5.28 Å². The van der Waals surface area contributed by atoms with E-state index in [0.717, 1.165) is 15.5 Å².